The van der Waals surface area contributed by atoms with Crippen LogP contribution in [0.1, 0.15) is 12.5 Å². The molecule has 2 heterocycles. The van der Waals surface area contributed by atoms with Crippen LogP contribution in [-0.2, 0) is 11.2 Å². The van der Waals surface area contributed by atoms with Crippen molar-refractivity contribution in [3.05, 3.63) is 48.0 Å². The quantitative estimate of drug-likeness (QED) is 0.549. The minimum atomic E-state index is 0.203. The van der Waals surface area contributed by atoms with Gasteiger partial charge in [-0.2, -0.15) is 0 Å². The van der Waals surface area contributed by atoms with Crippen molar-refractivity contribution in [2.75, 3.05) is 43.9 Å². The van der Waals surface area contributed by atoms with Gasteiger partial charge in [0.15, 0.2) is 5.13 Å². The number of hydrogen-bond donors (Lipinski definition) is 0. The third-order valence-corrected chi connectivity index (χ3v) is 7.05. The van der Waals surface area contributed by atoms with Gasteiger partial charge < -0.3 is 14.5 Å². The Bertz CT molecular complexity index is 979. The van der Waals surface area contributed by atoms with Gasteiger partial charge in [0.1, 0.15) is 5.75 Å². The molecule has 4 rings (SSSR count). The first-order chi connectivity index (χ1) is 14.2. The predicted octanol–water partition coefficient (Wildman–Crippen LogP) is 4.31. The largest absolute Gasteiger partial charge is 0.497 e. The van der Waals surface area contributed by atoms with Crippen LogP contribution in [0.15, 0.2) is 47.4 Å². The molecule has 0 radical (unpaired) electrons. The molecule has 1 saturated heterocycles. The average molecular weight is 428 g/mol. The maximum atomic E-state index is 12.7. The molecule has 3 aromatic rings. The number of amides is 1. The van der Waals surface area contributed by atoms with Gasteiger partial charge in [-0.05, 0) is 41.6 Å². The van der Waals surface area contributed by atoms with Crippen molar-refractivity contribution in [3.8, 4) is 5.75 Å². The van der Waals surface area contributed by atoms with E-state index in [9.17, 15) is 4.79 Å². The lowest BCUT2D eigenvalue weighted by atomic mass is 10.1. The third kappa shape index (κ3) is 4.67. The highest BCUT2D eigenvalue weighted by atomic mass is 32.2. The molecule has 2 aromatic carbocycles. The zero-order valence-electron chi connectivity index (χ0n) is 16.8. The van der Waals surface area contributed by atoms with E-state index in [1.54, 1.807) is 18.4 Å². The fourth-order valence-electron chi connectivity index (χ4n) is 3.46. The number of anilines is 1. The number of ether oxygens (including phenoxy) is 1. The van der Waals surface area contributed by atoms with E-state index in [0.29, 0.717) is 6.42 Å². The van der Waals surface area contributed by atoms with Gasteiger partial charge in [-0.15, -0.1) is 11.8 Å². The smallest absolute Gasteiger partial charge is 0.227 e. The molecule has 5 nitrogen and oxygen atoms in total. The van der Waals surface area contributed by atoms with Crippen LogP contribution in [0.3, 0.4) is 0 Å². The van der Waals surface area contributed by atoms with Gasteiger partial charge in [0.25, 0.3) is 0 Å². The Morgan fingerprint density at radius 1 is 1.14 bits per heavy atom. The van der Waals surface area contributed by atoms with Crippen molar-refractivity contribution in [2.24, 2.45) is 0 Å². The van der Waals surface area contributed by atoms with Crippen molar-refractivity contribution in [3.63, 3.8) is 0 Å². The molecule has 0 bridgehead atoms. The lowest BCUT2D eigenvalue weighted by Gasteiger charge is -2.34. The predicted molar refractivity (Wildman–Crippen MR) is 122 cm³/mol. The first-order valence-electron chi connectivity index (χ1n) is 9.85. The molecule has 0 saturated carbocycles. The van der Waals surface area contributed by atoms with Crippen LogP contribution in [-0.4, -0.2) is 54.8 Å². The molecule has 152 valence electrons. The van der Waals surface area contributed by atoms with E-state index in [1.807, 2.05) is 34.9 Å². The summed E-state index contributed by atoms with van der Waals surface area (Å²) in [5.74, 6) is 2.11. The number of thioether (sulfide) groups is 1. The van der Waals surface area contributed by atoms with Crippen molar-refractivity contribution >= 4 is 44.4 Å². The summed E-state index contributed by atoms with van der Waals surface area (Å²) in [6.07, 6.45) is 0.470. The molecule has 0 spiro atoms. The zero-order valence-corrected chi connectivity index (χ0v) is 18.4. The van der Waals surface area contributed by atoms with Crippen LogP contribution in [0.4, 0.5) is 5.13 Å². The number of benzene rings is 2. The number of piperazine rings is 1. The highest BCUT2D eigenvalue weighted by Gasteiger charge is 2.23. The summed E-state index contributed by atoms with van der Waals surface area (Å²) >= 11 is 3.50. The molecule has 0 unspecified atom stereocenters. The molecule has 29 heavy (non-hydrogen) atoms. The summed E-state index contributed by atoms with van der Waals surface area (Å²) in [7, 11) is 1.68. The Labute approximate surface area is 179 Å². The molecule has 0 aliphatic carbocycles. The number of rotatable bonds is 6. The van der Waals surface area contributed by atoms with E-state index < -0.39 is 0 Å². The summed E-state index contributed by atoms with van der Waals surface area (Å²) < 4.78 is 6.43. The highest BCUT2D eigenvalue weighted by Crippen LogP contribution is 2.31. The van der Waals surface area contributed by atoms with E-state index >= 15 is 0 Å². The maximum Gasteiger partial charge on any atom is 0.227 e. The second kappa shape index (κ2) is 9.05. The number of methoxy groups -OCH3 is 1. The summed E-state index contributed by atoms with van der Waals surface area (Å²) in [5.41, 5.74) is 2.08. The van der Waals surface area contributed by atoms with E-state index in [-0.39, 0.29) is 5.91 Å². The van der Waals surface area contributed by atoms with Gasteiger partial charge in [0.05, 0.1) is 23.7 Å². The fourth-order valence-corrected chi connectivity index (χ4v) is 5.17. The van der Waals surface area contributed by atoms with Gasteiger partial charge in [-0.25, -0.2) is 4.98 Å². The van der Waals surface area contributed by atoms with Crippen LogP contribution in [0.5, 0.6) is 5.75 Å². The van der Waals surface area contributed by atoms with Crippen LogP contribution < -0.4 is 9.64 Å². The fraction of sp³-hybridized carbons (Fsp3) is 0.364. The summed E-state index contributed by atoms with van der Waals surface area (Å²) in [6, 6.07) is 14.3. The van der Waals surface area contributed by atoms with Gasteiger partial charge in [-0.3, -0.25) is 4.79 Å². The van der Waals surface area contributed by atoms with E-state index in [0.717, 1.165) is 58.6 Å². The average Bonchev–Trinajstić information content (AvgIpc) is 3.18. The number of fused-ring (bicyclic) bond motifs is 1. The van der Waals surface area contributed by atoms with Crippen LogP contribution in [0.25, 0.3) is 10.2 Å². The number of aromatic nitrogens is 1. The molecular weight excluding hydrogens is 402 g/mol. The number of thiazole rings is 1. The number of nitrogens with zero attached hydrogens (tertiary/aromatic N) is 3. The van der Waals surface area contributed by atoms with Crippen molar-refractivity contribution < 1.29 is 9.53 Å². The van der Waals surface area contributed by atoms with Gasteiger partial charge in [0.2, 0.25) is 5.91 Å². The molecule has 1 aliphatic heterocycles. The van der Waals surface area contributed by atoms with Crippen molar-refractivity contribution in [1.29, 1.82) is 0 Å². The van der Waals surface area contributed by atoms with Crippen LogP contribution >= 0.6 is 23.1 Å². The minimum Gasteiger partial charge on any atom is -0.497 e. The Morgan fingerprint density at radius 2 is 1.90 bits per heavy atom. The van der Waals surface area contributed by atoms with Gasteiger partial charge in [0, 0.05) is 31.1 Å². The van der Waals surface area contributed by atoms with E-state index in [1.165, 1.54) is 4.90 Å². The monoisotopic (exact) mass is 427 g/mol. The van der Waals surface area contributed by atoms with Crippen molar-refractivity contribution in [1.82, 2.24) is 9.88 Å². The topological polar surface area (TPSA) is 45.7 Å². The van der Waals surface area contributed by atoms with Gasteiger partial charge >= 0.3 is 0 Å². The molecular formula is C22H25N3O2S2. The second-order valence-electron chi connectivity index (χ2n) is 6.95. The Morgan fingerprint density at radius 3 is 2.59 bits per heavy atom. The maximum absolute atomic E-state index is 12.7. The van der Waals surface area contributed by atoms with Crippen LogP contribution in [0.2, 0.25) is 0 Å². The molecule has 0 N–H and O–H groups in total. The first kappa shape index (κ1) is 20.0. The summed E-state index contributed by atoms with van der Waals surface area (Å²) in [4.78, 5) is 23.0. The SMILES string of the molecule is CCSc1ccc(CC(=O)N2CCN(c3nc4ccc(OC)cc4s3)CC2)cc1. The molecule has 7 heteroatoms. The molecule has 1 fully saturated rings. The number of carbonyl (C=O) groups is 1. The molecule has 1 aliphatic rings. The first-order valence-corrected chi connectivity index (χ1v) is 11.7. The Kier molecular flexibility index (Phi) is 6.25. The lowest BCUT2D eigenvalue weighted by molar-refractivity contribution is -0.130. The summed E-state index contributed by atoms with van der Waals surface area (Å²) in [5, 5.41) is 1.02. The lowest BCUT2D eigenvalue weighted by Crippen LogP contribution is -2.49. The molecule has 0 atom stereocenters. The third-order valence-electron chi connectivity index (χ3n) is 5.08. The highest BCUT2D eigenvalue weighted by molar-refractivity contribution is 7.99. The Hall–Kier alpha value is -2.25. The normalized spacial score (nSPS) is 14.4. The molecule has 1 amide bonds. The Balaban J connectivity index is 1.34. The van der Waals surface area contributed by atoms with Crippen LogP contribution in [0, 0.1) is 0 Å². The van der Waals surface area contributed by atoms with Crippen molar-refractivity contribution in [2.45, 2.75) is 18.2 Å². The van der Waals surface area contributed by atoms with E-state index in [2.05, 4.69) is 36.1 Å². The van der Waals surface area contributed by atoms with E-state index in [4.69, 9.17) is 9.72 Å². The molecule has 1 aromatic heterocycles. The second-order valence-corrected chi connectivity index (χ2v) is 9.30. The zero-order chi connectivity index (χ0) is 20.2. The number of carbonyl (C=O) groups excluding carboxylic acids is 1. The standard InChI is InChI=1S/C22H25N3O2S2/c1-3-28-18-7-4-16(5-8-18)14-21(26)24-10-12-25(13-11-24)22-23-19-9-6-17(27-2)15-20(19)29-22/h4-9,15H,3,10-14H2,1-2H3. The van der Waals surface area contributed by atoms with Gasteiger partial charge in [-0.1, -0.05) is 30.4 Å². The minimum absolute atomic E-state index is 0.203. The number of hydrogen-bond acceptors (Lipinski definition) is 6. The summed E-state index contributed by atoms with van der Waals surface area (Å²) in [6.45, 7) is 5.25.